The molecule has 4 rings (SSSR count). The third-order valence-electron chi connectivity index (χ3n) is 6.11. The monoisotopic (exact) mass is 368 g/mol. The fourth-order valence-electron chi connectivity index (χ4n) is 4.86. The van der Waals surface area contributed by atoms with Crippen LogP contribution in [-0.4, -0.2) is 59.0 Å². The number of benzene rings is 1. The van der Waals surface area contributed by atoms with Gasteiger partial charge in [0.1, 0.15) is 18.2 Å². The topological polar surface area (TPSA) is 22.1 Å². The number of nitrogens with zero attached hydrogens (tertiary/aromatic N) is 4. The first-order valence-electron chi connectivity index (χ1n) is 10.9. The fourth-order valence-corrected chi connectivity index (χ4v) is 4.86. The molecule has 2 fully saturated rings. The van der Waals surface area contributed by atoms with Gasteiger partial charge in [-0.05, 0) is 36.7 Å². The molecule has 0 radical (unpaired) electrons. The van der Waals surface area contributed by atoms with Gasteiger partial charge in [0.15, 0.2) is 0 Å². The maximum absolute atomic E-state index is 5.39. The lowest BCUT2D eigenvalue weighted by molar-refractivity contribution is 0.0468. The van der Waals surface area contributed by atoms with Crippen molar-refractivity contribution in [3.63, 3.8) is 0 Å². The molecular formula is C23H36N4. The fraction of sp³-hybridized carbons (Fsp3) is 0.696. The second-order valence-corrected chi connectivity index (χ2v) is 9.71. The van der Waals surface area contributed by atoms with Gasteiger partial charge in [0.05, 0.1) is 0 Å². The van der Waals surface area contributed by atoms with Crippen molar-refractivity contribution in [2.75, 3.05) is 26.2 Å². The smallest absolute Gasteiger partial charge is 0.138 e. The molecule has 0 unspecified atom stereocenters. The zero-order valence-corrected chi connectivity index (χ0v) is 17.4. The van der Waals surface area contributed by atoms with Crippen LogP contribution in [0.15, 0.2) is 35.3 Å². The van der Waals surface area contributed by atoms with Crippen molar-refractivity contribution in [2.45, 2.75) is 71.8 Å². The standard InChI is InChI=1S/C23H36N4/c1-23(2,3)17-20-24-21(25-13-7-8-14-25)22(26-15-9-10-16-26)27(20)18-19-11-5-4-6-12-19/h4-6,11-12,21-22H,7-10,13-18H2,1-3H3/t21-,22+/m0/s1. The van der Waals surface area contributed by atoms with Crippen molar-refractivity contribution in [3.8, 4) is 0 Å². The second kappa shape index (κ2) is 7.92. The first-order valence-corrected chi connectivity index (χ1v) is 10.9. The van der Waals surface area contributed by atoms with E-state index in [9.17, 15) is 0 Å². The van der Waals surface area contributed by atoms with Crippen LogP contribution in [0, 0.1) is 5.41 Å². The summed E-state index contributed by atoms with van der Waals surface area (Å²) in [6.07, 6.45) is 7.08. The van der Waals surface area contributed by atoms with Crippen LogP contribution >= 0.6 is 0 Å². The quantitative estimate of drug-likeness (QED) is 0.778. The summed E-state index contributed by atoms with van der Waals surface area (Å²) in [5.74, 6) is 1.32. The predicted octanol–water partition coefficient (Wildman–Crippen LogP) is 4.18. The maximum atomic E-state index is 5.39. The SMILES string of the molecule is CC(C)(C)CC1=N[C@@H](N2CCCC2)[C@H](N2CCCC2)N1Cc1ccccc1. The van der Waals surface area contributed by atoms with E-state index in [2.05, 4.69) is 65.8 Å². The molecule has 3 heterocycles. The molecule has 3 aliphatic rings. The van der Waals surface area contributed by atoms with Crippen LogP contribution in [0.25, 0.3) is 0 Å². The van der Waals surface area contributed by atoms with Gasteiger partial charge in [-0.15, -0.1) is 0 Å². The molecule has 0 bridgehead atoms. The number of hydrogen-bond acceptors (Lipinski definition) is 4. The Kier molecular flexibility index (Phi) is 5.56. The van der Waals surface area contributed by atoms with Crippen LogP contribution in [0.1, 0.15) is 58.4 Å². The van der Waals surface area contributed by atoms with Crippen molar-refractivity contribution in [2.24, 2.45) is 10.4 Å². The molecule has 0 amide bonds. The van der Waals surface area contributed by atoms with Gasteiger partial charge in [-0.25, -0.2) is 4.99 Å². The lowest BCUT2D eigenvalue weighted by atomic mass is 9.91. The van der Waals surface area contributed by atoms with Crippen molar-refractivity contribution in [1.29, 1.82) is 0 Å². The average molecular weight is 369 g/mol. The molecule has 3 aliphatic heterocycles. The van der Waals surface area contributed by atoms with Crippen LogP contribution in [-0.2, 0) is 6.54 Å². The maximum Gasteiger partial charge on any atom is 0.138 e. The van der Waals surface area contributed by atoms with E-state index in [1.807, 2.05) is 0 Å². The van der Waals surface area contributed by atoms with Crippen LogP contribution in [0.2, 0.25) is 0 Å². The van der Waals surface area contributed by atoms with E-state index in [1.165, 1.54) is 63.3 Å². The Morgan fingerprint density at radius 1 is 0.889 bits per heavy atom. The number of likely N-dealkylation sites (tertiary alicyclic amines) is 2. The minimum Gasteiger partial charge on any atom is -0.337 e. The Morgan fingerprint density at radius 2 is 1.48 bits per heavy atom. The molecular weight excluding hydrogens is 332 g/mol. The average Bonchev–Trinajstić information content (AvgIpc) is 3.36. The molecule has 27 heavy (non-hydrogen) atoms. The zero-order valence-electron chi connectivity index (χ0n) is 17.4. The van der Waals surface area contributed by atoms with E-state index in [0.717, 1.165) is 13.0 Å². The van der Waals surface area contributed by atoms with Gasteiger partial charge >= 0.3 is 0 Å². The summed E-state index contributed by atoms with van der Waals surface area (Å²) >= 11 is 0. The van der Waals surface area contributed by atoms with Crippen LogP contribution < -0.4 is 0 Å². The largest absolute Gasteiger partial charge is 0.337 e. The second-order valence-electron chi connectivity index (χ2n) is 9.71. The van der Waals surface area contributed by atoms with E-state index < -0.39 is 0 Å². The molecule has 0 spiro atoms. The molecule has 4 heteroatoms. The summed E-state index contributed by atoms with van der Waals surface area (Å²) in [6.45, 7) is 12.8. The normalized spacial score (nSPS) is 27.5. The van der Waals surface area contributed by atoms with Gasteiger partial charge in [-0.1, -0.05) is 51.1 Å². The van der Waals surface area contributed by atoms with Crippen LogP contribution in [0.5, 0.6) is 0 Å². The van der Waals surface area contributed by atoms with Gasteiger partial charge in [0.25, 0.3) is 0 Å². The molecule has 1 aromatic carbocycles. The highest BCUT2D eigenvalue weighted by Crippen LogP contribution is 2.34. The van der Waals surface area contributed by atoms with E-state index >= 15 is 0 Å². The summed E-state index contributed by atoms with van der Waals surface area (Å²) < 4.78 is 0. The highest BCUT2D eigenvalue weighted by atomic mass is 15.5. The Morgan fingerprint density at radius 3 is 2.07 bits per heavy atom. The Bertz CT molecular complexity index is 636. The van der Waals surface area contributed by atoms with Crippen molar-refractivity contribution in [3.05, 3.63) is 35.9 Å². The molecule has 0 saturated carbocycles. The lowest BCUT2D eigenvalue weighted by Gasteiger charge is -2.40. The minimum atomic E-state index is 0.253. The third-order valence-corrected chi connectivity index (χ3v) is 6.11. The summed E-state index contributed by atoms with van der Waals surface area (Å²) in [7, 11) is 0. The molecule has 148 valence electrons. The van der Waals surface area contributed by atoms with E-state index in [1.54, 1.807) is 0 Å². The van der Waals surface area contributed by atoms with Crippen molar-refractivity contribution >= 4 is 5.84 Å². The van der Waals surface area contributed by atoms with E-state index in [0.29, 0.717) is 12.3 Å². The van der Waals surface area contributed by atoms with Gasteiger partial charge in [0.2, 0.25) is 0 Å². The lowest BCUT2D eigenvalue weighted by Crippen LogP contribution is -2.55. The zero-order chi connectivity index (χ0) is 18.9. The first kappa shape index (κ1) is 18.9. The number of hydrogen-bond donors (Lipinski definition) is 0. The highest BCUT2D eigenvalue weighted by Gasteiger charge is 2.44. The van der Waals surface area contributed by atoms with Crippen molar-refractivity contribution < 1.29 is 0 Å². The molecule has 2 saturated heterocycles. The van der Waals surface area contributed by atoms with Gasteiger partial charge in [-0.2, -0.15) is 0 Å². The molecule has 0 N–H and O–H groups in total. The summed E-state index contributed by atoms with van der Waals surface area (Å²) in [5.41, 5.74) is 1.65. The number of rotatable bonds is 5. The van der Waals surface area contributed by atoms with E-state index in [4.69, 9.17) is 4.99 Å². The number of aliphatic imine (C=N–C) groups is 1. The van der Waals surface area contributed by atoms with Gasteiger partial charge in [0, 0.05) is 39.1 Å². The Balaban J connectivity index is 1.65. The minimum absolute atomic E-state index is 0.253. The molecule has 0 aromatic heterocycles. The number of amidine groups is 1. The van der Waals surface area contributed by atoms with Crippen LogP contribution in [0.4, 0.5) is 0 Å². The van der Waals surface area contributed by atoms with Crippen LogP contribution in [0.3, 0.4) is 0 Å². The summed E-state index contributed by atoms with van der Waals surface area (Å²) in [6, 6.07) is 11.0. The van der Waals surface area contributed by atoms with Crippen molar-refractivity contribution in [1.82, 2.24) is 14.7 Å². The molecule has 4 nitrogen and oxygen atoms in total. The van der Waals surface area contributed by atoms with Gasteiger partial charge < -0.3 is 4.90 Å². The molecule has 2 atom stereocenters. The third kappa shape index (κ3) is 4.38. The molecule has 0 aliphatic carbocycles. The summed E-state index contributed by atoms with van der Waals surface area (Å²) in [5, 5.41) is 0. The molecule has 1 aromatic rings. The first-order chi connectivity index (χ1) is 13.0. The Labute approximate surface area is 165 Å². The van der Waals surface area contributed by atoms with E-state index in [-0.39, 0.29) is 5.41 Å². The van der Waals surface area contributed by atoms with Gasteiger partial charge in [-0.3, -0.25) is 9.80 Å². The predicted molar refractivity (Wildman–Crippen MR) is 113 cm³/mol. The summed E-state index contributed by atoms with van der Waals surface area (Å²) in [4.78, 5) is 13.4. The Hall–Kier alpha value is -1.39. The highest BCUT2D eigenvalue weighted by molar-refractivity contribution is 5.85.